The van der Waals surface area contributed by atoms with E-state index in [9.17, 15) is 4.39 Å². The molecule has 0 fully saturated rings. The first-order valence-corrected chi connectivity index (χ1v) is 4.87. The molecule has 3 N–H and O–H groups in total. The highest BCUT2D eigenvalue weighted by Crippen LogP contribution is 2.09. The Hall–Kier alpha value is -0.970. The summed E-state index contributed by atoms with van der Waals surface area (Å²) >= 11 is 0. The molecule has 0 aliphatic carbocycles. The van der Waals surface area contributed by atoms with E-state index in [1.807, 2.05) is 6.92 Å². The maximum absolute atomic E-state index is 12.9. The Balaban J connectivity index is 2.60. The minimum Gasteiger partial charge on any atom is -0.395 e. The lowest BCUT2D eigenvalue weighted by Crippen LogP contribution is -2.35. The summed E-state index contributed by atoms with van der Waals surface area (Å²) in [6.07, 6.45) is 0. The molecule has 0 spiro atoms. The average molecular weight is 213 g/mol. The van der Waals surface area contributed by atoms with Crippen LogP contribution in [0.25, 0.3) is 0 Å². The summed E-state index contributed by atoms with van der Waals surface area (Å²) < 4.78 is 12.9. The van der Waals surface area contributed by atoms with E-state index in [4.69, 9.17) is 10.2 Å². The van der Waals surface area contributed by atoms with Crippen molar-refractivity contribution in [3.05, 3.63) is 35.1 Å². The molecule has 3 nitrogen and oxygen atoms in total. The fourth-order valence-corrected chi connectivity index (χ4v) is 1.27. The molecule has 15 heavy (non-hydrogen) atoms. The first-order chi connectivity index (χ1) is 7.17. The monoisotopic (exact) mass is 213 g/mol. The molecule has 84 valence electrons. The molecule has 0 saturated carbocycles. The Kier molecular flexibility index (Phi) is 4.68. The van der Waals surface area contributed by atoms with Crippen LogP contribution in [0.3, 0.4) is 0 Å². The summed E-state index contributed by atoms with van der Waals surface area (Å²) in [5.41, 5.74) is 1.82. The SMILES string of the molecule is Cc1ccc(F)cc1CNC(CO)CO. The summed E-state index contributed by atoms with van der Waals surface area (Å²) in [4.78, 5) is 0. The smallest absolute Gasteiger partial charge is 0.123 e. The third kappa shape index (κ3) is 3.58. The van der Waals surface area contributed by atoms with Crippen molar-refractivity contribution in [2.75, 3.05) is 13.2 Å². The molecule has 1 rings (SSSR count). The van der Waals surface area contributed by atoms with Gasteiger partial charge in [0.05, 0.1) is 19.3 Å². The summed E-state index contributed by atoms with van der Waals surface area (Å²) in [7, 11) is 0. The van der Waals surface area contributed by atoms with Gasteiger partial charge in [0.15, 0.2) is 0 Å². The number of aliphatic hydroxyl groups is 2. The number of hydrogen-bond acceptors (Lipinski definition) is 3. The number of rotatable bonds is 5. The van der Waals surface area contributed by atoms with E-state index < -0.39 is 0 Å². The molecular weight excluding hydrogens is 197 g/mol. The average Bonchev–Trinajstić information content (AvgIpc) is 2.24. The highest BCUT2D eigenvalue weighted by Gasteiger charge is 2.06. The van der Waals surface area contributed by atoms with Crippen LogP contribution in [0.1, 0.15) is 11.1 Å². The Morgan fingerprint density at radius 2 is 2.00 bits per heavy atom. The van der Waals surface area contributed by atoms with Crippen LogP contribution in [0.5, 0.6) is 0 Å². The minimum atomic E-state index is -0.354. The molecule has 0 atom stereocenters. The van der Waals surface area contributed by atoms with Crippen molar-refractivity contribution in [1.29, 1.82) is 0 Å². The third-order valence-electron chi connectivity index (χ3n) is 2.33. The number of halogens is 1. The summed E-state index contributed by atoms with van der Waals surface area (Å²) in [6.45, 7) is 2.06. The molecule has 0 aliphatic heterocycles. The van der Waals surface area contributed by atoms with Gasteiger partial charge in [0.1, 0.15) is 5.82 Å². The number of aliphatic hydroxyl groups excluding tert-OH is 2. The number of benzene rings is 1. The van der Waals surface area contributed by atoms with Gasteiger partial charge in [0.25, 0.3) is 0 Å². The fourth-order valence-electron chi connectivity index (χ4n) is 1.27. The van der Waals surface area contributed by atoms with Crippen molar-refractivity contribution in [1.82, 2.24) is 5.32 Å². The zero-order valence-corrected chi connectivity index (χ0v) is 8.70. The Morgan fingerprint density at radius 1 is 1.33 bits per heavy atom. The Morgan fingerprint density at radius 3 is 2.60 bits per heavy atom. The Labute approximate surface area is 88.6 Å². The normalized spacial score (nSPS) is 11.0. The van der Waals surface area contributed by atoms with Crippen LogP contribution < -0.4 is 5.32 Å². The lowest BCUT2D eigenvalue weighted by Gasteiger charge is -2.14. The molecule has 0 bridgehead atoms. The van der Waals surface area contributed by atoms with E-state index in [1.54, 1.807) is 6.07 Å². The van der Waals surface area contributed by atoms with Gasteiger partial charge in [0.2, 0.25) is 0 Å². The molecule has 0 amide bonds. The summed E-state index contributed by atoms with van der Waals surface area (Å²) in [5, 5.41) is 20.6. The van der Waals surface area contributed by atoms with Gasteiger partial charge in [0, 0.05) is 6.54 Å². The van der Waals surface area contributed by atoms with E-state index in [1.165, 1.54) is 12.1 Å². The number of aryl methyl sites for hydroxylation is 1. The van der Waals surface area contributed by atoms with Crippen molar-refractivity contribution in [2.24, 2.45) is 0 Å². The van der Waals surface area contributed by atoms with Crippen molar-refractivity contribution >= 4 is 0 Å². The lowest BCUT2D eigenvalue weighted by atomic mass is 10.1. The molecule has 0 unspecified atom stereocenters. The maximum atomic E-state index is 12.9. The molecule has 0 heterocycles. The molecule has 0 saturated heterocycles. The zero-order valence-electron chi connectivity index (χ0n) is 8.70. The summed E-state index contributed by atoms with van der Waals surface area (Å²) in [6, 6.07) is 4.22. The van der Waals surface area contributed by atoms with E-state index in [2.05, 4.69) is 5.32 Å². The van der Waals surface area contributed by atoms with Gasteiger partial charge in [-0.25, -0.2) is 4.39 Å². The maximum Gasteiger partial charge on any atom is 0.123 e. The minimum absolute atomic E-state index is 0.134. The first kappa shape index (κ1) is 12.1. The van der Waals surface area contributed by atoms with E-state index in [0.29, 0.717) is 6.54 Å². The lowest BCUT2D eigenvalue weighted by molar-refractivity contribution is 0.170. The van der Waals surface area contributed by atoms with Crippen LogP contribution in [0.4, 0.5) is 4.39 Å². The second kappa shape index (κ2) is 5.80. The van der Waals surface area contributed by atoms with E-state index in [-0.39, 0.29) is 25.1 Å². The van der Waals surface area contributed by atoms with Gasteiger partial charge in [-0.05, 0) is 30.2 Å². The van der Waals surface area contributed by atoms with Gasteiger partial charge in [-0.1, -0.05) is 6.07 Å². The zero-order chi connectivity index (χ0) is 11.3. The van der Waals surface area contributed by atoms with Gasteiger partial charge in [-0.3, -0.25) is 0 Å². The number of nitrogens with one attached hydrogen (secondary N) is 1. The van der Waals surface area contributed by atoms with Crippen LogP contribution in [0.2, 0.25) is 0 Å². The van der Waals surface area contributed by atoms with E-state index >= 15 is 0 Å². The summed E-state index contributed by atoms with van der Waals surface area (Å²) in [5.74, 6) is -0.276. The quantitative estimate of drug-likeness (QED) is 0.670. The van der Waals surface area contributed by atoms with Gasteiger partial charge in [-0.2, -0.15) is 0 Å². The molecule has 0 radical (unpaired) electrons. The van der Waals surface area contributed by atoms with Crippen LogP contribution in [0.15, 0.2) is 18.2 Å². The van der Waals surface area contributed by atoms with Gasteiger partial charge >= 0.3 is 0 Å². The van der Waals surface area contributed by atoms with Crippen molar-refractivity contribution in [3.8, 4) is 0 Å². The van der Waals surface area contributed by atoms with Gasteiger partial charge < -0.3 is 15.5 Å². The molecule has 0 aliphatic rings. The molecule has 1 aromatic rings. The number of hydrogen-bond donors (Lipinski definition) is 3. The van der Waals surface area contributed by atoms with Crippen LogP contribution in [0, 0.1) is 12.7 Å². The first-order valence-electron chi connectivity index (χ1n) is 4.87. The highest BCUT2D eigenvalue weighted by molar-refractivity contribution is 5.26. The van der Waals surface area contributed by atoms with Crippen LogP contribution in [-0.4, -0.2) is 29.5 Å². The topological polar surface area (TPSA) is 52.5 Å². The largest absolute Gasteiger partial charge is 0.395 e. The molecular formula is C11H16FNO2. The van der Waals surface area contributed by atoms with Crippen molar-refractivity contribution < 1.29 is 14.6 Å². The predicted octanol–water partition coefficient (Wildman–Crippen LogP) is 0.577. The molecule has 0 aromatic heterocycles. The van der Waals surface area contributed by atoms with Crippen molar-refractivity contribution in [2.45, 2.75) is 19.5 Å². The second-order valence-electron chi connectivity index (χ2n) is 3.51. The van der Waals surface area contributed by atoms with Gasteiger partial charge in [-0.15, -0.1) is 0 Å². The third-order valence-corrected chi connectivity index (χ3v) is 2.33. The predicted molar refractivity (Wildman–Crippen MR) is 55.9 cm³/mol. The molecule has 1 aromatic carbocycles. The standard InChI is InChI=1S/C11H16FNO2/c1-8-2-3-10(12)4-9(8)5-13-11(6-14)7-15/h2-4,11,13-15H,5-7H2,1H3. The van der Waals surface area contributed by atoms with E-state index in [0.717, 1.165) is 11.1 Å². The highest BCUT2D eigenvalue weighted by atomic mass is 19.1. The Bertz CT molecular complexity index is 313. The van der Waals surface area contributed by atoms with Crippen LogP contribution in [-0.2, 0) is 6.54 Å². The van der Waals surface area contributed by atoms with Crippen molar-refractivity contribution in [3.63, 3.8) is 0 Å². The second-order valence-corrected chi connectivity index (χ2v) is 3.51. The molecule has 4 heteroatoms. The van der Waals surface area contributed by atoms with Crippen LogP contribution >= 0.6 is 0 Å². The fraction of sp³-hybridized carbons (Fsp3) is 0.455.